The fourth-order valence-electron chi connectivity index (χ4n) is 2.17. The zero-order valence-corrected chi connectivity index (χ0v) is 9.40. The van der Waals surface area contributed by atoms with Gasteiger partial charge in [-0.05, 0) is 37.8 Å². The number of pyridine rings is 1. The number of aliphatic carboxylic acids is 1. The summed E-state index contributed by atoms with van der Waals surface area (Å²) in [6.45, 7) is 0. The lowest BCUT2D eigenvalue weighted by atomic mass is 9.86. The number of aromatic nitrogens is 1. The van der Waals surface area contributed by atoms with Crippen molar-refractivity contribution in [3.8, 4) is 0 Å². The van der Waals surface area contributed by atoms with Gasteiger partial charge in [0.15, 0.2) is 11.6 Å². The van der Waals surface area contributed by atoms with Crippen molar-refractivity contribution in [1.82, 2.24) is 4.98 Å². The first-order valence-electron chi connectivity index (χ1n) is 5.76. The summed E-state index contributed by atoms with van der Waals surface area (Å²) in [6.07, 6.45) is 4.30. The zero-order valence-electron chi connectivity index (χ0n) is 9.40. The van der Waals surface area contributed by atoms with E-state index in [1.807, 2.05) is 0 Å². The van der Waals surface area contributed by atoms with Crippen LogP contribution in [0, 0.1) is 11.7 Å². The van der Waals surface area contributed by atoms with E-state index >= 15 is 0 Å². The summed E-state index contributed by atoms with van der Waals surface area (Å²) >= 11 is 0. The van der Waals surface area contributed by atoms with Crippen LogP contribution in [0.1, 0.15) is 25.7 Å². The van der Waals surface area contributed by atoms with Crippen LogP contribution < -0.4 is 5.32 Å². The van der Waals surface area contributed by atoms with Crippen molar-refractivity contribution < 1.29 is 14.3 Å². The molecule has 1 aromatic heterocycles. The van der Waals surface area contributed by atoms with Crippen LogP contribution in [0.15, 0.2) is 18.3 Å². The number of nitrogens with one attached hydrogen (secondary N) is 1. The van der Waals surface area contributed by atoms with Gasteiger partial charge in [-0.3, -0.25) is 4.79 Å². The third-order valence-electron chi connectivity index (χ3n) is 3.18. The zero-order chi connectivity index (χ0) is 12.3. The molecule has 0 saturated heterocycles. The lowest BCUT2D eigenvalue weighted by Gasteiger charge is -2.27. The smallest absolute Gasteiger partial charge is 0.306 e. The van der Waals surface area contributed by atoms with Crippen LogP contribution in [-0.4, -0.2) is 22.1 Å². The van der Waals surface area contributed by atoms with E-state index in [2.05, 4.69) is 10.3 Å². The molecule has 1 aliphatic rings. The highest BCUT2D eigenvalue weighted by Crippen LogP contribution is 2.26. The largest absolute Gasteiger partial charge is 0.481 e. The summed E-state index contributed by atoms with van der Waals surface area (Å²) in [5.41, 5.74) is 0. The lowest BCUT2D eigenvalue weighted by molar-refractivity contribution is -0.142. The molecule has 0 aromatic carbocycles. The monoisotopic (exact) mass is 238 g/mol. The Kier molecular flexibility index (Phi) is 3.56. The summed E-state index contributed by atoms with van der Waals surface area (Å²) < 4.78 is 13.3. The Bertz CT molecular complexity index is 403. The quantitative estimate of drug-likeness (QED) is 0.848. The predicted molar refractivity (Wildman–Crippen MR) is 61.2 cm³/mol. The lowest BCUT2D eigenvalue weighted by Crippen LogP contribution is -2.29. The fraction of sp³-hybridized carbons (Fsp3) is 0.500. The number of rotatable bonds is 3. The van der Waals surface area contributed by atoms with Crippen LogP contribution in [0.4, 0.5) is 10.2 Å². The Balaban J connectivity index is 1.90. The van der Waals surface area contributed by atoms with Gasteiger partial charge >= 0.3 is 5.97 Å². The molecule has 0 atom stereocenters. The molecular weight excluding hydrogens is 223 g/mol. The molecule has 2 N–H and O–H groups in total. The first-order chi connectivity index (χ1) is 8.16. The molecule has 1 saturated carbocycles. The maximum Gasteiger partial charge on any atom is 0.306 e. The number of carboxylic acid groups (broad SMARTS) is 1. The van der Waals surface area contributed by atoms with Gasteiger partial charge in [-0.1, -0.05) is 0 Å². The Hall–Kier alpha value is -1.65. The van der Waals surface area contributed by atoms with Gasteiger partial charge in [0.05, 0.1) is 5.92 Å². The molecule has 0 unspecified atom stereocenters. The van der Waals surface area contributed by atoms with Crippen LogP contribution >= 0.6 is 0 Å². The molecule has 0 radical (unpaired) electrons. The molecule has 0 amide bonds. The Labute approximate surface area is 98.9 Å². The van der Waals surface area contributed by atoms with Gasteiger partial charge in [0, 0.05) is 12.2 Å². The van der Waals surface area contributed by atoms with Crippen molar-refractivity contribution in [3.05, 3.63) is 24.1 Å². The van der Waals surface area contributed by atoms with Gasteiger partial charge in [-0.25, -0.2) is 9.37 Å². The molecule has 0 spiro atoms. The molecule has 1 fully saturated rings. The topological polar surface area (TPSA) is 62.2 Å². The molecule has 2 rings (SSSR count). The number of carboxylic acids is 1. The Morgan fingerprint density at radius 2 is 2.12 bits per heavy atom. The average molecular weight is 238 g/mol. The fourth-order valence-corrected chi connectivity index (χ4v) is 2.17. The van der Waals surface area contributed by atoms with E-state index in [0.29, 0.717) is 12.8 Å². The number of nitrogens with zero attached hydrogens (tertiary/aromatic N) is 1. The summed E-state index contributed by atoms with van der Waals surface area (Å²) in [5.74, 6) is -1.09. The third-order valence-corrected chi connectivity index (χ3v) is 3.18. The maximum atomic E-state index is 13.3. The van der Waals surface area contributed by atoms with Gasteiger partial charge in [-0.15, -0.1) is 0 Å². The summed E-state index contributed by atoms with van der Waals surface area (Å²) in [5, 5.41) is 11.9. The number of halogens is 1. The minimum Gasteiger partial charge on any atom is -0.481 e. The van der Waals surface area contributed by atoms with Gasteiger partial charge in [0.1, 0.15) is 0 Å². The van der Waals surface area contributed by atoms with Gasteiger partial charge in [0.2, 0.25) is 0 Å². The molecule has 1 aromatic rings. The minimum atomic E-state index is -0.729. The second-order valence-corrected chi connectivity index (χ2v) is 4.36. The molecule has 17 heavy (non-hydrogen) atoms. The van der Waals surface area contributed by atoms with Crippen LogP contribution in [0.5, 0.6) is 0 Å². The highest BCUT2D eigenvalue weighted by molar-refractivity contribution is 5.70. The SMILES string of the molecule is O=C(O)C1CCC(Nc2ncccc2F)CC1. The van der Waals surface area contributed by atoms with Gasteiger partial charge in [0.25, 0.3) is 0 Å². The number of hydrogen-bond acceptors (Lipinski definition) is 3. The summed E-state index contributed by atoms with van der Waals surface area (Å²) in [4.78, 5) is 14.7. The maximum absolute atomic E-state index is 13.3. The molecular formula is C12H15FN2O2. The second kappa shape index (κ2) is 5.12. The van der Waals surface area contributed by atoms with Crippen LogP contribution in [0.3, 0.4) is 0 Å². The molecule has 92 valence electrons. The predicted octanol–water partition coefficient (Wildman–Crippen LogP) is 2.28. The van der Waals surface area contributed by atoms with E-state index in [4.69, 9.17) is 5.11 Å². The molecule has 0 aliphatic heterocycles. The van der Waals surface area contributed by atoms with E-state index < -0.39 is 5.97 Å². The van der Waals surface area contributed by atoms with Crippen molar-refractivity contribution in [2.75, 3.05) is 5.32 Å². The standard InChI is InChI=1S/C12H15FN2O2/c13-10-2-1-7-14-11(10)15-9-5-3-8(4-6-9)12(16)17/h1-2,7-9H,3-6H2,(H,14,15)(H,16,17). The van der Waals surface area contributed by atoms with E-state index in [1.54, 1.807) is 6.07 Å². The normalized spacial score (nSPS) is 24.3. The molecule has 5 heteroatoms. The molecule has 4 nitrogen and oxygen atoms in total. The molecule has 0 bridgehead atoms. The van der Waals surface area contributed by atoms with E-state index in [-0.39, 0.29) is 23.6 Å². The first kappa shape index (κ1) is 11.8. The Morgan fingerprint density at radius 3 is 2.71 bits per heavy atom. The van der Waals surface area contributed by atoms with E-state index in [1.165, 1.54) is 12.3 Å². The summed E-state index contributed by atoms with van der Waals surface area (Å²) in [7, 11) is 0. The van der Waals surface area contributed by atoms with Crippen LogP contribution in [0.25, 0.3) is 0 Å². The van der Waals surface area contributed by atoms with E-state index in [0.717, 1.165) is 12.8 Å². The molecule has 1 aliphatic carbocycles. The van der Waals surface area contributed by atoms with Crippen molar-refractivity contribution in [2.24, 2.45) is 5.92 Å². The minimum absolute atomic E-state index is 0.120. The third kappa shape index (κ3) is 2.93. The highest BCUT2D eigenvalue weighted by Gasteiger charge is 2.26. The molecule has 1 heterocycles. The van der Waals surface area contributed by atoms with Crippen molar-refractivity contribution >= 4 is 11.8 Å². The average Bonchev–Trinajstić information content (AvgIpc) is 2.33. The van der Waals surface area contributed by atoms with Crippen LogP contribution in [-0.2, 0) is 4.79 Å². The Morgan fingerprint density at radius 1 is 1.41 bits per heavy atom. The summed E-state index contributed by atoms with van der Waals surface area (Å²) in [6, 6.07) is 3.02. The van der Waals surface area contributed by atoms with Gasteiger partial charge in [-0.2, -0.15) is 0 Å². The highest BCUT2D eigenvalue weighted by atomic mass is 19.1. The van der Waals surface area contributed by atoms with Crippen molar-refractivity contribution in [2.45, 2.75) is 31.7 Å². The number of anilines is 1. The first-order valence-corrected chi connectivity index (χ1v) is 5.76. The van der Waals surface area contributed by atoms with Gasteiger partial charge < -0.3 is 10.4 Å². The van der Waals surface area contributed by atoms with Crippen molar-refractivity contribution in [3.63, 3.8) is 0 Å². The second-order valence-electron chi connectivity index (χ2n) is 4.36. The number of carbonyl (C=O) groups is 1. The number of hydrogen-bond donors (Lipinski definition) is 2. The van der Waals surface area contributed by atoms with E-state index in [9.17, 15) is 9.18 Å². The van der Waals surface area contributed by atoms with Crippen LogP contribution in [0.2, 0.25) is 0 Å². The van der Waals surface area contributed by atoms with Crippen molar-refractivity contribution in [1.29, 1.82) is 0 Å².